The maximum atomic E-state index is 5.46. The van der Waals surface area contributed by atoms with E-state index < -0.39 is 0 Å². The van der Waals surface area contributed by atoms with Gasteiger partial charge in [-0.1, -0.05) is 0 Å². The summed E-state index contributed by atoms with van der Waals surface area (Å²) in [6.45, 7) is 9.64. The zero-order chi connectivity index (χ0) is 16.1. The molecule has 1 unspecified atom stereocenters. The maximum Gasteiger partial charge on any atom is 0.194 e. The summed E-state index contributed by atoms with van der Waals surface area (Å²) >= 11 is 0. The lowest BCUT2D eigenvalue weighted by molar-refractivity contribution is 0.0195. The highest BCUT2D eigenvalue weighted by Crippen LogP contribution is 2.17. The van der Waals surface area contributed by atoms with Crippen LogP contribution in [-0.4, -0.2) is 77.5 Å². The standard InChI is InChI=1S/C16H28N6O/c1-3-17-16(18-12-14-4-6-19-20(14)2)22-7-5-15(13-22)21-8-10-23-11-9-21/h4,6,15H,3,5,7-13H2,1-2H3,(H,17,18). The number of hydrogen-bond acceptors (Lipinski definition) is 4. The fraction of sp³-hybridized carbons (Fsp3) is 0.750. The Kier molecular flexibility index (Phi) is 5.51. The van der Waals surface area contributed by atoms with Crippen LogP contribution in [0, 0.1) is 0 Å². The molecule has 23 heavy (non-hydrogen) atoms. The van der Waals surface area contributed by atoms with Gasteiger partial charge in [0.2, 0.25) is 0 Å². The van der Waals surface area contributed by atoms with E-state index in [0.717, 1.165) is 57.6 Å². The third-order valence-corrected chi connectivity index (χ3v) is 4.67. The van der Waals surface area contributed by atoms with E-state index in [0.29, 0.717) is 12.6 Å². The number of hydrogen-bond donors (Lipinski definition) is 1. The first kappa shape index (κ1) is 16.3. The third kappa shape index (κ3) is 4.03. The van der Waals surface area contributed by atoms with Gasteiger partial charge in [0, 0.05) is 52.0 Å². The molecule has 0 saturated carbocycles. The highest BCUT2D eigenvalue weighted by Gasteiger charge is 2.30. The Labute approximate surface area is 138 Å². The maximum absolute atomic E-state index is 5.46. The predicted octanol–water partition coefficient (Wildman–Crippen LogP) is 0.292. The van der Waals surface area contributed by atoms with Crippen molar-refractivity contribution in [1.82, 2.24) is 24.9 Å². The lowest BCUT2D eigenvalue weighted by atomic mass is 10.2. The van der Waals surface area contributed by atoms with Crippen LogP contribution in [0.3, 0.4) is 0 Å². The molecule has 0 spiro atoms. The van der Waals surface area contributed by atoms with Gasteiger partial charge < -0.3 is 15.0 Å². The van der Waals surface area contributed by atoms with Crippen LogP contribution in [0.1, 0.15) is 19.0 Å². The van der Waals surface area contributed by atoms with E-state index in [1.165, 1.54) is 6.42 Å². The molecule has 1 aromatic rings. The first-order valence-corrected chi connectivity index (χ1v) is 8.60. The van der Waals surface area contributed by atoms with Gasteiger partial charge in [-0.25, -0.2) is 4.99 Å². The van der Waals surface area contributed by atoms with Crippen molar-refractivity contribution in [3.63, 3.8) is 0 Å². The molecule has 2 saturated heterocycles. The molecule has 2 aliphatic rings. The van der Waals surface area contributed by atoms with Crippen LogP contribution < -0.4 is 5.32 Å². The molecular formula is C16H28N6O. The van der Waals surface area contributed by atoms with Gasteiger partial charge in [-0.05, 0) is 19.4 Å². The molecule has 7 nitrogen and oxygen atoms in total. The number of aryl methyl sites for hydroxylation is 1. The van der Waals surface area contributed by atoms with Crippen molar-refractivity contribution in [2.24, 2.45) is 12.0 Å². The number of nitrogens with one attached hydrogen (secondary N) is 1. The van der Waals surface area contributed by atoms with E-state index in [1.807, 2.05) is 24.0 Å². The minimum absolute atomic E-state index is 0.624. The lowest BCUT2D eigenvalue weighted by Crippen LogP contribution is -2.46. The Morgan fingerprint density at radius 1 is 1.39 bits per heavy atom. The lowest BCUT2D eigenvalue weighted by Gasteiger charge is -2.32. The smallest absolute Gasteiger partial charge is 0.194 e. The molecule has 1 atom stereocenters. The van der Waals surface area contributed by atoms with E-state index in [1.54, 1.807) is 0 Å². The number of likely N-dealkylation sites (tertiary alicyclic amines) is 1. The summed E-state index contributed by atoms with van der Waals surface area (Å²) < 4.78 is 7.35. The monoisotopic (exact) mass is 320 g/mol. The normalized spacial score (nSPS) is 23.5. The number of ether oxygens (including phenoxy) is 1. The zero-order valence-electron chi connectivity index (χ0n) is 14.2. The quantitative estimate of drug-likeness (QED) is 0.638. The molecule has 2 fully saturated rings. The molecule has 128 valence electrons. The van der Waals surface area contributed by atoms with Gasteiger partial charge in [0.1, 0.15) is 0 Å². The van der Waals surface area contributed by atoms with Crippen LogP contribution in [0.5, 0.6) is 0 Å². The van der Waals surface area contributed by atoms with Gasteiger partial charge in [-0.3, -0.25) is 9.58 Å². The van der Waals surface area contributed by atoms with E-state index >= 15 is 0 Å². The third-order valence-electron chi connectivity index (χ3n) is 4.67. The highest BCUT2D eigenvalue weighted by atomic mass is 16.5. The van der Waals surface area contributed by atoms with Gasteiger partial charge >= 0.3 is 0 Å². The Bertz CT molecular complexity index is 522. The van der Waals surface area contributed by atoms with Crippen molar-refractivity contribution in [1.29, 1.82) is 0 Å². The second kappa shape index (κ2) is 7.79. The fourth-order valence-corrected chi connectivity index (χ4v) is 3.31. The van der Waals surface area contributed by atoms with Gasteiger partial charge in [-0.15, -0.1) is 0 Å². The van der Waals surface area contributed by atoms with Crippen molar-refractivity contribution < 1.29 is 4.74 Å². The number of guanidine groups is 1. The minimum atomic E-state index is 0.624. The average molecular weight is 320 g/mol. The van der Waals surface area contributed by atoms with E-state index in [4.69, 9.17) is 9.73 Å². The molecule has 3 heterocycles. The largest absolute Gasteiger partial charge is 0.379 e. The molecular weight excluding hydrogens is 292 g/mol. The second-order valence-electron chi connectivity index (χ2n) is 6.15. The Balaban J connectivity index is 1.61. The summed E-state index contributed by atoms with van der Waals surface area (Å²) in [5.41, 5.74) is 1.13. The molecule has 3 rings (SSSR count). The summed E-state index contributed by atoms with van der Waals surface area (Å²) in [5, 5.41) is 7.64. The van der Waals surface area contributed by atoms with Gasteiger partial charge in [0.25, 0.3) is 0 Å². The van der Waals surface area contributed by atoms with Gasteiger partial charge in [0.05, 0.1) is 25.5 Å². The molecule has 0 aromatic carbocycles. The van der Waals surface area contributed by atoms with Crippen molar-refractivity contribution in [2.75, 3.05) is 45.9 Å². The summed E-state index contributed by atoms with van der Waals surface area (Å²) in [4.78, 5) is 9.76. The summed E-state index contributed by atoms with van der Waals surface area (Å²) in [7, 11) is 1.96. The van der Waals surface area contributed by atoms with Crippen LogP contribution in [-0.2, 0) is 18.3 Å². The first-order valence-electron chi connectivity index (χ1n) is 8.60. The SMILES string of the molecule is CCNC(=NCc1ccnn1C)N1CCC(N2CCOCC2)C1. The first-order chi connectivity index (χ1) is 11.3. The predicted molar refractivity (Wildman–Crippen MR) is 90.4 cm³/mol. The topological polar surface area (TPSA) is 57.9 Å². The van der Waals surface area contributed by atoms with Crippen LogP contribution in [0.25, 0.3) is 0 Å². The minimum Gasteiger partial charge on any atom is -0.379 e. The molecule has 0 radical (unpaired) electrons. The number of nitrogens with zero attached hydrogens (tertiary/aromatic N) is 5. The average Bonchev–Trinajstić information content (AvgIpc) is 3.22. The Morgan fingerprint density at radius 2 is 2.22 bits per heavy atom. The summed E-state index contributed by atoms with van der Waals surface area (Å²) in [6.07, 6.45) is 3.03. The van der Waals surface area contributed by atoms with Crippen molar-refractivity contribution in [3.05, 3.63) is 18.0 Å². The van der Waals surface area contributed by atoms with E-state index in [2.05, 4.69) is 27.1 Å². The van der Waals surface area contributed by atoms with Crippen molar-refractivity contribution >= 4 is 5.96 Å². The number of morpholine rings is 1. The van der Waals surface area contributed by atoms with Crippen LogP contribution in [0.2, 0.25) is 0 Å². The second-order valence-corrected chi connectivity index (χ2v) is 6.15. The Morgan fingerprint density at radius 3 is 2.91 bits per heavy atom. The zero-order valence-corrected chi connectivity index (χ0v) is 14.2. The molecule has 7 heteroatoms. The molecule has 0 amide bonds. The molecule has 2 aliphatic heterocycles. The molecule has 0 bridgehead atoms. The fourth-order valence-electron chi connectivity index (χ4n) is 3.31. The van der Waals surface area contributed by atoms with E-state index in [-0.39, 0.29) is 0 Å². The van der Waals surface area contributed by atoms with Gasteiger partial charge in [0.15, 0.2) is 5.96 Å². The summed E-state index contributed by atoms with van der Waals surface area (Å²) in [5.74, 6) is 1.02. The summed E-state index contributed by atoms with van der Waals surface area (Å²) in [6, 6.07) is 2.65. The van der Waals surface area contributed by atoms with Crippen LogP contribution in [0.15, 0.2) is 17.3 Å². The molecule has 1 N–H and O–H groups in total. The van der Waals surface area contributed by atoms with Gasteiger partial charge in [-0.2, -0.15) is 5.10 Å². The van der Waals surface area contributed by atoms with Crippen LogP contribution in [0.4, 0.5) is 0 Å². The number of rotatable bonds is 4. The molecule has 0 aliphatic carbocycles. The van der Waals surface area contributed by atoms with Crippen molar-refractivity contribution in [3.8, 4) is 0 Å². The molecule has 1 aromatic heterocycles. The highest BCUT2D eigenvalue weighted by molar-refractivity contribution is 5.80. The van der Waals surface area contributed by atoms with Crippen molar-refractivity contribution in [2.45, 2.75) is 25.9 Å². The Hall–Kier alpha value is -1.60. The number of aromatic nitrogens is 2. The van der Waals surface area contributed by atoms with Crippen LogP contribution >= 0.6 is 0 Å². The number of aliphatic imine (C=N–C) groups is 1. The van der Waals surface area contributed by atoms with E-state index in [9.17, 15) is 0 Å².